The molecule has 1 nitrogen and oxygen atoms in total. The molecule has 0 N–H and O–H groups in total. The van der Waals surface area contributed by atoms with Crippen molar-refractivity contribution in [3.8, 4) is 11.1 Å². The highest BCUT2D eigenvalue weighted by Gasteiger charge is 2.12. The van der Waals surface area contributed by atoms with E-state index in [1.54, 1.807) is 0 Å². The molecule has 0 bridgehead atoms. The van der Waals surface area contributed by atoms with Gasteiger partial charge in [-0.3, -0.25) is 4.79 Å². The molecule has 2 rings (SSSR count). The van der Waals surface area contributed by atoms with Gasteiger partial charge in [-0.25, -0.2) is 13.2 Å². The third-order valence-corrected chi connectivity index (χ3v) is 2.76. The molecular formula is C13H6ClF3O. The summed E-state index contributed by atoms with van der Waals surface area (Å²) in [5.41, 5.74) is 0.299. The number of hydrogen-bond acceptors (Lipinski definition) is 1. The van der Waals surface area contributed by atoms with Crippen molar-refractivity contribution in [2.24, 2.45) is 0 Å². The zero-order chi connectivity index (χ0) is 13.3. The fourth-order valence-corrected chi connectivity index (χ4v) is 1.69. The SMILES string of the molecule is O=Cc1cc(F)c(F)cc1-c1ccc(Cl)c(F)c1. The molecule has 0 spiro atoms. The Morgan fingerprint density at radius 2 is 1.61 bits per heavy atom. The third kappa shape index (κ3) is 2.24. The minimum atomic E-state index is -1.13. The Balaban J connectivity index is 2.65. The fourth-order valence-electron chi connectivity index (χ4n) is 1.57. The van der Waals surface area contributed by atoms with Gasteiger partial charge in [-0.1, -0.05) is 17.7 Å². The van der Waals surface area contributed by atoms with Gasteiger partial charge < -0.3 is 0 Å². The summed E-state index contributed by atoms with van der Waals surface area (Å²) >= 11 is 5.52. The van der Waals surface area contributed by atoms with E-state index in [9.17, 15) is 18.0 Å². The van der Waals surface area contributed by atoms with E-state index >= 15 is 0 Å². The maximum absolute atomic E-state index is 13.3. The molecule has 2 aromatic rings. The molecule has 5 heteroatoms. The maximum Gasteiger partial charge on any atom is 0.159 e. The topological polar surface area (TPSA) is 17.1 Å². The predicted octanol–water partition coefficient (Wildman–Crippen LogP) is 4.24. The van der Waals surface area contributed by atoms with Crippen LogP contribution in [0.3, 0.4) is 0 Å². The van der Waals surface area contributed by atoms with Crippen LogP contribution in [-0.4, -0.2) is 6.29 Å². The fraction of sp³-hybridized carbons (Fsp3) is 0. The summed E-state index contributed by atoms with van der Waals surface area (Å²) in [6, 6.07) is 5.38. The molecule has 0 aliphatic heterocycles. The standard InChI is InChI=1S/C13H6ClF3O/c14-10-2-1-7(3-11(10)15)9-5-13(17)12(16)4-8(9)6-18/h1-6H. The van der Waals surface area contributed by atoms with Gasteiger partial charge in [0, 0.05) is 5.56 Å². The summed E-state index contributed by atoms with van der Waals surface area (Å²) in [6.07, 6.45) is 0.379. The van der Waals surface area contributed by atoms with Crippen LogP contribution in [0.1, 0.15) is 10.4 Å². The van der Waals surface area contributed by atoms with Gasteiger partial charge in [0.15, 0.2) is 17.9 Å². The molecule has 0 aromatic heterocycles. The Kier molecular flexibility index (Phi) is 3.39. The highest BCUT2D eigenvalue weighted by molar-refractivity contribution is 6.30. The van der Waals surface area contributed by atoms with Crippen LogP contribution in [0, 0.1) is 17.5 Å². The van der Waals surface area contributed by atoms with Gasteiger partial charge in [0.05, 0.1) is 5.02 Å². The lowest BCUT2D eigenvalue weighted by Gasteiger charge is -2.07. The zero-order valence-electron chi connectivity index (χ0n) is 8.88. The van der Waals surface area contributed by atoms with Crippen LogP contribution in [0.2, 0.25) is 5.02 Å². The Hall–Kier alpha value is -1.81. The monoisotopic (exact) mass is 270 g/mol. The van der Waals surface area contributed by atoms with E-state index in [-0.39, 0.29) is 21.7 Å². The molecule has 0 aliphatic rings. The quantitative estimate of drug-likeness (QED) is 0.746. The van der Waals surface area contributed by atoms with Crippen LogP contribution in [-0.2, 0) is 0 Å². The number of carbonyl (C=O) groups excluding carboxylic acids is 1. The summed E-state index contributed by atoms with van der Waals surface area (Å²) in [4.78, 5) is 10.8. The Labute approximate surface area is 106 Å². The number of benzene rings is 2. The Bertz CT molecular complexity index is 626. The van der Waals surface area contributed by atoms with Crippen LogP contribution >= 0.6 is 11.6 Å². The van der Waals surface area contributed by atoms with Crippen LogP contribution in [0.15, 0.2) is 30.3 Å². The van der Waals surface area contributed by atoms with Crippen LogP contribution in [0.5, 0.6) is 0 Å². The first-order chi connectivity index (χ1) is 8.52. The zero-order valence-corrected chi connectivity index (χ0v) is 9.64. The number of hydrogen-bond donors (Lipinski definition) is 0. The molecule has 0 fully saturated rings. The molecule has 0 heterocycles. The van der Waals surface area contributed by atoms with E-state index in [4.69, 9.17) is 11.6 Å². The molecule has 0 saturated heterocycles. The van der Waals surface area contributed by atoms with Crippen LogP contribution in [0.4, 0.5) is 13.2 Å². The van der Waals surface area contributed by atoms with Crippen molar-refractivity contribution < 1.29 is 18.0 Å². The Morgan fingerprint density at radius 3 is 2.22 bits per heavy atom. The average molecular weight is 271 g/mol. The van der Waals surface area contributed by atoms with Crippen molar-refractivity contribution in [1.29, 1.82) is 0 Å². The van der Waals surface area contributed by atoms with Gasteiger partial charge in [-0.2, -0.15) is 0 Å². The molecule has 0 amide bonds. The Morgan fingerprint density at radius 1 is 0.944 bits per heavy atom. The minimum Gasteiger partial charge on any atom is -0.298 e. The van der Waals surface area contributed by atoms with Crippen LogP contribution < -0.4 is 0 Å². The summed E-state index contributed by atoms with van der Waals surface area (Å²) in [7, 11) is 0. The molecule has 2 aromatic carbocycles. The highest BCUT2D eigenvalue weighted by Crippen LogP contribution is 2.28. The minimum absolute atomic E-state index is 0.0596. The summed E-state index contributed by atoms with van der Waals surface area (Å²) in [6.45, 7) is 0. The van der Waals surface area contributed by atoms with Crippen molar-refractivity contribution in [3.63, 3.8) is 0 Å². The smallest absolute Gasteiger partial charge is 0.159 e. The molecular weight excluding hydrogens is 265 g/mol. The molecule has 0 aliphatic carbocycles. The first kappa shape index (κ1) is 12.6. The molecule has 92 valence electrons. The van der Waals surface area contributed by atoms with Crippen molar-refractivity contribution in [2.75, 3.05) is 0 Å². The van der Waals surface area contributed by atoms with Crippen molar-refractivity contribution in [1.82, 2.24) is 0 Å². The molecule has 0 atom stereocenters. The number of carbonyl (C=O) groups is 1. The van der Waals surface area contributed by atoms with Gasteiger partial charge in [0.1, 0.15) is 5.82 Å². The van der Waals surface area contributed by atoms with Gasteiger partial charge in [-0.15, -0.1) is 0 Å². The summed E-state index contributed by atoms with van der Waals surface area (Å²) in [5.74, 6) is -2.93. The lowest BCUT2D eigenvalue weighted by atomic mass is 10.00. The van der Waals surface area contributed by atoms with E-state index < -0.39 is 17.5 Å². The normalized spacial score (nSPS) is 10.4. The van der Waals surface area contributed by atoms with Gasteiger partial charge >= 0.3 is 0 Å². The predicted molar refractivity (Wildman–Crippen MR) is 62.1 cm³/mol. The van der Waals surface area contributed by atoms with Crippen molar-refractivity contribution in [3.05, 3.63) is 58.4 Å². The largest absolute Gasteiger partial charge is 0.298 e. The lowest BCUT2D eigenvalue weighted by molar-refractivity contribution is 0.112. The second-order valence-corrected chi connectivity index (χ2v) is 4.01. The van der Waals surface area contributed by atoms with E-state index in [0.717, 1.165) is 18.2 Å². The average Bonchev–Trinajstić information content (AvgIpc) is 2.35. The molecule has 0 unspecified atom stereocenters. The van der Waals surface area contributed by atoms with Crippen molar-refractivity contribution >= 4 is 17.9 Å². The van der Waals surface area contributed by atoms with E-state index in [0.29, 0.717) is 6.29 Å². The second kappa shape index (κ2) is 4.82. The second-order valence-electron chi connectivity index (χ2n) is 3.60. The summed E-state index contributed by atoms with van der Waals surface area (Å²) < 4.78 is 39.4. The lowest BCUT2D eigenvalue weighted by Crippen LogP contribution is -1.94. The van der Waals surface area contributed by atoms with Gasteiger partial charge in [-0.05, 0) is 35.4 Å². The van der Waals surface area contributed by atoms with Crippen LogP contribution in [0.25, 0.3) is 11.1 Å². The molecule has 18 heavy (non-hydrogen) atoms. The number of aldehydes is 1. The highest BCUT2D eigenvalue weighted by atomic mass is 35.5. The van der Waals surface area contributed by atoms with E-state index in [1.165, 1.54) is 12.1 Å². The van der Waals surface area contributed by atoms with Crippen molar-refractivity contribution in [2.45, 2.75) is 0 Å². The number of halogens is 4. The maximum atomic E-state index is 13.3. The molecule has 0 radical (unpaired) electrons. The third-order valence-electron chi connectivity index (χ3n) is 2.45. The first-order valence-electron chi connectivity index (χ1n) is 4.92. The van der Waals surface area contributed by atoms with E-state index in [1.807, 2.05) is 0 Å². The van der Waals surface area contributed by atoms with Gasteiger partial charge in [0.25, 0.3) is 0 Å². The molecule has 0 saturated carbocycles. The first-order valence-corrected chi connectivity index (χ1v) is 5.30. The number of rotatable bonds is 2. The summed E-state index contributed by atoms with van der Waals surface area (Å²) in [5, 5.41) is -0.0889. The van der Waals surface area contributed by atoms with E-state index in [2.05, 4.69) is 0 Å². The van der Waals surface area contributed by atoms with Gasteiger partial charge in [0.2, 0.25) is 0 Å².